The fraction of sp³-hybridized carbons (Fsp3) is 0.190. The van der Waals surface area contributed by atoms with Gasteiger partial charge in [0.25, 0.3) is 5.91 Å². The largest absolute Gasteiger partial charge is 0.497 e. The number of imidazole rings is 2. The van der Waals surface area contributed by atoms with E-state index < -0.39 is 0 Å². The maximum absolute atomic E-state index is 12.9. The number of hydrogen-bond acceptors (Lipinski definition) is 4. The Hall–Kier alpha value is -3.61. The summed E-state index contributed by atoms with van der Waals surface area (Å²) in [6.45, 7) is 1.14. The van der Waals surface area contributed by atoms with Crippen molar-refractivity contribution in [3.05, 3.63) is 71.9 Å². The number of pyridine rings is 1. The van der Waals surface area contributed by atoms with Gasteiger partial charge < -0.3 is 19.0 Å². The minimum Gasteiger partial charge on any atom is -0.497 e. The first-order valence-electron chi connectivity index (χ1n) is 9.16. The highest BCUT2D eigenvalue weighted by Crippen LogP contribution is 2.25. The van der Waals surface area contributed by atoms with Crippen LogP contribution in [-0.2, 0) is 13.0 Å². The number of aromatic nitrogens is 4. The van der Waals surface area contributed by atoms with Crippen molar-refractivity contribution < 1.29 is 9.53 Å². The van der Waals surface area contributed by atoms with E-state index >= 15 is 0 Å². The SMILES string of the molecule is COc1ccc(-c2nc3c([nH]2)CN(C(=O)c2cn4ccccc4n2)CC3)cc1. The molecule has 4 heterocycles. The molecule has 0 atom stereocenters. The highest BCUT2D eigenvalue weighted by Gasteiger charge is 2.26. The number of amides is 1. The van der Waals surface area contributed by atoms with Crippen LogP contribution in [0, 0.1) is 0 Å². The second kappa shape index (κ2) is 6.53. The van der Waals surface area contributed by atoms with Gasteiger partial charge in [-0.3, -0.25) is 4.79 Å². The summed E-state index contributed by atoms with van der Waals surface area (Å²) in [5.74, 6) is 1.56. The quantitative estimate of drug-likeness (QED) is 0.599. The second-order valence-corrected chi connectivity index (χ2v) is 6.81. The highest BCUT2D eigenvalue weighted by atomic mass is 16.5. The lowest BCUT2D eigenvalue weighted by Crippen LogP contribution is -2.36. The zero-order valence-corrected chi connectivity index (χ0v) is 15.4. The molecule has 0 bridgehead atoms. The van der Waals surface area contributed by atoms with Crippen LogP contribution >= 0.6 is 0 Å². The molecular formula is C21H19N5O2. The lowest BCUT2D eigenvalue weighted by Gasteiger charge is -2.25. The van der Waals surface area contributed by atoms with Crippen LogP contribution in [-0.4, -0.2) is 43.8 Å². The summed E-state index contributed by atoms with van der Waals surface area (Å²) in [4.78, 5) is 27.3. The van der Waals surface area contributed by atoms with Gasteiger partial charge in [0.1, 0.15) is 22.9 Å². The Balaban J connectivity index is 1.38. The van der Waals surface area contributed by atoms with Gasteiger partial charge in [-0.05, 0) is 36.4 Å². The minimum atomic E-state index is -0.0602. The fourth-order valence-electron chi connectivity index (χ4n) is 3.55. The van der Waals surface area contributed by atoms with E-state index in [2.05, 4.69) is 9.97 Å². The summed E-state index contributed by atoms with van der Waals surface area (Å²) in [7, 11) is 1.65. The van der Waals surface area contributed by atoms with Crippen LogP contribution in [0.25, 0.3) is 17.0 Å². The summed E-state index contributed by atoms with van der Waals surface area (Å²) < 4.78 is 7.07. The van der Waals surface area contributed by atoms with Gasteiger partial charge >= 0.3 is 0 Å². The molecule has 1 amide bonds. The molecule has 0 fully saturated rings. The van der Waals surface area contributed by atoms with Crippen molar-refractivity contribution in [3.8, 4) is 17.1 Å². The number of methoxy groups -OCH3 is 1. The number of carbonyl (C=O) groups is 1. The zero-order chi connectivity index (χ0) is 19.1. The summed E-state index contributed by atoms with van der Waals surface area (Å²) in [5.41, 5.74) is 4.23. The van der Waals surface area contributed by atoms with Crippen molar-refractivity contribution in [2.75, 3.05) is 13.7 Å². The number of nitrogens with zero attached hydrogens (tertiary/aromatic N) is 4. The molecule has 0 saturated heterocycles. The molecule has 0 spiro atoms. The summed E-state index contributed by atoms with van der Waals surface area (Å²) in [5, 5.41) is 0. The molecule has 7 heteroatoms. The van der Waals surface area contributed by atoms with Crippen LogP contribution in [0.2, 0.25) is 0 Å². The van der Waals surface area contributed by atoms with E-state index in [1.165, 1.54) is 0 Å². The van der Waals surface area contributed by atoms with E-state index in [9.17, 15) is 4.79 Å². The number of aromatic amines is 1. The topological polar surface area (TPSA) is 75.5 Å². The maximum atomic E-state index is 12.9. The number of fused-ring (bicyclic) bond motifs is 2. The van der Waals surface area contributed by atoms with Crippen LogP contribution in [0.5, 0.6) is 5.75 Å². The highest BCUT2D eigenvalue weighted by molar-refractivity contribution is 5.93. The van der Waals surface area contributed by atoms with Gasteiger partial charge in [0.2, 0.25) is 0 Å². The molecule has 1 aliphatic rings. The Morgan fingerprint density at radius 3 is 2.79 bits per heavy atom. The van der Waals surface area contributed by atoms with Gasteiger partial charge in [-0.2, -0.15) is 0 Å². The van der Waals surface area contributed by atoms with Crippen molar-refractivity contribution >= 4 is 11.6 Å². The Morgan fingerprint density at radius 1 is 1.14 bits per heavy atom. The molecule has 3 aromatic heterocycles. The molecule has 0 saturated carbocycles. The fourth-order valence-corrected chi connectivity index (χ4v) is 3.55. The van der Waals surface area contributed by atoms with E-state index in [0.717, 1.165) is 40.6 Å². The van der Waals surface area contributed by atoms with E-state index in [-0.39, 0.29) is 5.91 Å². The lowest BCUT2D eigenvalue weighted by molar-refractivity contribution is 0.0726. The van der Waals surface area contributed by atoms with Gasteiger partial charge in [0.15, 0.2) is 0 Å². The summed E-state index contributed by atoms with van der Waals surface area (Å²) >= 11 is 0. The number of ether oxygens (including phenoxy) is 1. The van der Waals surface area contributed by atoms with Crippen molar-refractivity contribution in [1.82, 2.24) is 24.3 Å². The smallest absolute Gasteiger partial charge is 0.274 e. The molecule has 1 aliphatic heterocycles. The maximum Gasteiger partial charge on any atom is 0.274 e. The molecule has 1 N–H and O–H groups in total. The number of hydrogen-bond donors (Lipinski definition) is 1. The number of rotatable bonds is 3. The first kappa shape index (κ1) is 16.6. The summed E-state index contributed by atoms with van der Waals surface area (Å²) in [6.07, 6.45) is 4.40. The number of benzene rings is 1. The van der Waals surface area contributed by atoms with E-state index in [0.29, 0.717) is 18.8 Å². The minimum absolute atomic E-state index is 0.0602. The Morgan fingerprint density at radius 2 is 2.00 bits per heavy atom. The average Bonchev–Trinajstić information content (AvgIpc) is 3.36. The van der Waals surface area contributed by atoms with Crippen LogP contribution in [0.15, 0.2) is 54.9 Å². The second-order valence-electron chi connectivity index (χ2n) is 6.81. The monoisotopic (exact) mass is 373 g/mol. The Bertz CT molecular complexity index is 1130. The van der Waals surface area contributed by atoms with Gasteiger partial charge in [-0.1, -0.05) is 6.07 Å². The predicted octanol–water partition coefficient (Wildman–Crippen LogP) is 2.93. The molecule has 5 rings (SSSR count). The molecule has 140 valence electrons. The van der Waals surface area contributed by atoms with Gasteiger partial charge in [0, 0.05) is 30.9 Å². The van der Waals surface area contributed by atoms with E-state index in [1.807, 2.05) is 58.0 Å². The van der Waals surface area contributed by atoms with Crippen LogP contribution < -0.4 is 4.74 Å². The normalized spacial score (nSPS) is 13.5. The standard InChI is InChI=1S/C21H19N5O2/c1-28-15-7-5-14(6-8-15)20-23-16-9-11-26(12-17(16)24-20)21(27)18-13-25-10-3-2-4-19(25)22-18/h2-8,10,13H,9,11-12H2,1H3,(H,23,24). The van der Waals surface area contributed by atoms with Crippen molar-refractivity contribution in [2.45, 2.75) is 13.0 Å². The molecule has 4 aromatic rings. The molecule has 0 aliphatic carbocycles. The first-order valence-corrected chi connectivity index (χ1v) is 9.16. The van der Waals surface area contributed by atoms with Crippen LogP contribution in [0.4, 0.5) is 0 Å². The molecular weight excluding hydrogens is 354 g/mol. The zero-order valence-electron chi connectivity index (χ0n) is 15.4. The number of carbonyl (C=O) groups excluding carboxylic acids is 1. The van der Waals surface area contributed by atoms with E-state index in [1.54, 1.807) is 13.3 Å². The third kappa shape index (κ3) is 2.81. The third-order valence-corrected chi connectivity index (χ3v) is 5.07. The first-order chi connectivity index (χ1) is 13.7. The molecule has 0 unspecified atom stereocenters. The van der Waals surface area contributed by atoms with Gasteiger partial charge in [-0.25, -0.2) is 9.97 Å². The average molecular weight is 373 g/mol. The molecule has 0 radical (unpaired) electrons. The van der Waals surface area contributed by atoms with Crippen LogP contribution in [0.1, 0.15) is 21.9 Å². The Labute approximate surface area is 161 Å². The van der Waals surface area contributed by atoms with Crippen LogP contribution in [0.3, 0.4) is 0 Å². The van der Waals surface area contributed by atoms with E-state index in [4.69, 9.17) is 9.72 Å². The van der Waals surface area contributed by atoms with Crippen molar-refractivity contribution in [3.63, 3.8) is 0 Å². The van der Waals surface area contributed by atoms with Gasteiger partial charge in [-0.15, -0.1) is 0 Å². The Kier molecular flexibility index (Phi) is 3.86. The third-order valence-electron chi connectivity index (χ3n) is 5.07. The molecule has 28 heavy (non-hydrogen) atoms. The predicted molar refractivity (Wildman–Crippen MR) is 104 cm³/mol. The van der Waals surface area contributed by atoms with Gasteiger partial charge in [0.05, 0.1) is 25.0 Å². The van der Waals surface area contributed by atoms with Crippen molar-refractivity contribution in [2.24, 2.45) is 0 Å². The molecule has 1 aromatic carbocycles. The number of nitrogens with one attached hydrogen (secondary N) is 1. The molecule has 7 nitrogen and oxygen atoms in total. The summed E-state index contributed by atoms with van der Waals surface area (Å²) in [6, 6.07) is 13.5. The lowest BCUT2D eigenvalue weighted by atomic mass is 10.1. The number of H-pyrrole nitrogens is 1. The van der Waals surface area contributed by atoms with Crippen molar-refractivity contribution in [1.29, 1.82) is 0 Å².